The number of hydrogen-bond donors (Lipinski definition) is 1. The Labute approximate surface area is 148 Å². The summed E-state index contributed by atoms with van der Waals surface area (Å²) in [6.45, 7) is 6.93. The highest BCUT2D eigenvalue weighted by atomic mass is 16.6. The van der Waals surface area contributed by atoms with Crippen LogP contribution >= 0.6 is 0 Å². The fourth-order valence-electron chi connectivity index (χ4n) is 3.56. The van der Waals surface area contributed by atoms with Gasteiger partial charge in [-0.3, -0.25) is 4.68 Å². The number of hydrogen-bond acceptors (Lipinski definition) is 4. The molecule has 0 spiro atoms. The molecule has 25 heavy (non-hydrogen) atoms. The lowest BCUT2D eigenvalue weighted by Crippen LogP contribution is -2.50. The van der Waals surface area contributed by atoms with Crippen molar-refractivity contribution in [2.24, 2.45) is 0 Å². The molecular formula is C19H27N3O3. The van der Waals surface area contributed by atoms with Gasteiger partial charge in [-0.05, 0) is 46.1 Å². The number of benzene rings is 1. The molecule has 3 rings (SSSR count). The maximum atomic E-state index is 12.3. The number of carbonyl (C=O) groups excluding carboxylic acids is 1. The Morgan fingerprint density at radius 2 is 1.96 bits per heavy atom. The van der Waals surface area contributed by atoms with Crippen molar-refractivity contribution in [2.45, 2.75) is 51.2 Å². The van der Waals surface area contributed by atoms with E-state index in [0.29, 0.717) is 19.5 Å². The zero-order valence-corrected chi connectivity index (χ0v) is 15.2. The first-order valence-electron chi connectivity index (χ1n) is 8.87. The summed E-state index contributed by atoms with van der Waals surface area (Å²) in [6, 6.07) is 8.10. The summed E-state index contributed by atoms with van der Waals surface area (Å²) in [7, 11) is 0. The number of aromatic nitrogens is 2. The van der Waals surface area contributed by atoms with Gasteiger partial charge in [0.2, 0.25) is 0 Å². The number of likely N-dealkylation sites (tertiary alicyclic amines) is 1. The first-order valence-corrected chi connectivity index (χ1v) is 8.87. The molecular weight excluding hydrogens is 318 g/mol. The summed E-state index contributed by atoms with van der Waals surface area (Å²) in [5.74, 6) is 0. The van der Waals surface area contributed by atoms with Crippen LogP contribution in [-0.4, -0.2) is 51.2 Å². The van der Waals surface area contributed by atoms with Gasteiger partial charge >= 0.3 is 6.09 Å². The summed E-state index contributed by atoms with van der Waals surface area (Å²) in [6.07, 6.45) is 3.72. The molecule has 1 aromatic heterocycles. The molecule has 2 aromatic rings. The molecule has 1 fully saturated rings. The lowest BCUT2D eigenvalue weighted by molar-refractivity contribution is 0.00760. The minimum absolute atomic E-state index is 0.0978. The topological polar surface area (TPSA) is 67.6 Å². The number of amides is 1. The molecule has 6 heteroatoms. The van der Waals surface area contributed by atoms with E-state index in [2.05, 4.69) is 11.2 Å². The summed E-state index contributed by atoms with van der Waals surface area (Å²) in [5.41, 5.74) is 0.312. The van der Waals surface area contributed by atoms with Crippen molar-refractivity contribution in [3.05, 3.63) is 30.5 Å². The Kier molecular flexibility index (Phi) is 4.73. The molecule has 136 valence electrons. The van der Waals surface area contributed by atoms with Crippen LogP contribution in [0.25, 0.3) is 10.9 Å². The van der Waals surface area contributed by atoms with Crippen molar-refractivity contribution < 1.29 is 14.6 Å². The SMILES string of the molecule is CC(C)(C)OC(=O)N1CCC(CCO)(n2ncc3ccccc32)CC1. The van der Waals surface area contributed by atoms with E-state index in [0.717, 1.165) is 23.7 Å². The van der Waals surface area contributed by atoms with Gasteiger partial charge in [0.05, 0.1) is 17.3 Å². The number of aliphatic hydroxyl groups is 1. The number of aliphatic hydroxyl groups excluding tert-OH is 1. The monoisotopic (exact) mass is 345 g/mol. The van der Waals surface area contributed by atoms with Crippen LogP contribution in [0, 0.1) is 0 Å². The average molecular weight is 345 g/mol. The van der Waals surface area contributed by atoms with Gasteiger partial charge in [0, 0.05) is 25.1 Å². The zero-order chi connectivity index (χ0) is 18.1. The summed E-state index contributed by atoms with van der Waals surface area (Å²) in [4.78, 5) is 14.1. The molecule has 1 aliphatic rings. The Balaban J connectivity index is 1.81. The molecule has 2 heterocycles. The fourth-order valence-corrected chi connectivity index (χ4v) is 3.56. The van der Waals surface area contributed by atoms with E-state index in [1.165, 1.54) is 0 Å². The zero-order valence-electron chi connectivity index (χ0n) is 15.2. The highest BCUT2D eigenvalue weighted by molar-refractivity contribution is 5.78. The lowest BCUT2D eigenvalue weighted by atomic mass is 9.84. The third kappa shape index (κ3) is 3.63. The van der Waals surface area contributed by atoms with Crippen LogP contribution in [0.2, 0.25) is 0 Å². The van der Waals surface area contributed by atoms with Gasteiger partial charge in [0.25, 0.3) is 0 Å². The molecule has 6 nitrogen and oxygen atoms in total. The second-order valence-electron chi connectivity index (χ2n) is 7.78. The molecule has 0 atom stereocenters. The normalized spacial score (nSPS) is 17.7. The number of nitrogens with zero attached hydrogens (tertiary/aromatic N) is 3. The number of fused-ring (bicyclic) bond motifs is 1. The second kappa shape index (κ2) is 6.67. The van der Waals surface area contributed by atoms with E-state index in [1.807, 2.05) is 49.8 Å². The van der Waals surface area contributed by atoms with Crippen LogP contribution in [0.5, 0.6) is 0 Å². The van der Waals surface area contributed by atoms with Crippen LogP contribution in [0.4, 0.5) is 4.79 Å². The average Bonchev–Trinajstić information content (AvgIpc) is 2.99. The molecule has 1 aromatic carbocycles. The number of carbonyl (C=O) groups is 1. The minimum Gasteiger partial charge on any atom is -0.444 e. The van der Waals surface area contributed by atoms with Crippen LogP contribution in [-0.2, 0) is 10.3 Å². The van der Waals surface area contributed by atoms with Crippen LogP contribution in [0.3, 0.4) is 0 Å². The molecule has 1 N–H and O–H groups in total. The Hall–Kier alpha value is -2.08. The summed E-state index contributed by atoms with van der Waals surface area (Å²) >= 11 is 0. The van der Waals surface area contributed by atoms with E-state index in [4.69, 9.17) is 4.74 Å². The third-order valence-electron chi connectivity index (χ3n) is 4.85. The maximum Gasteiger partial charge on any atom is 0.410 e. The van der Waals surface area contributed by atoms with Crippen molar-refractivity contribution >= 4 is 17.0 Å². The van der Waals surface area contributed by atoms with E-state index < -0.39 is 5.60 Å². The highest BCUT2D eigenvalue weighted by Gasteiger charge is 2.39. The summed E-state index contributed by atoms with van der Waals surface area (Å²) < 4.78 is 7.53. The fraction of sp³-hybridized carbons (Fsp3) is 0.579. The maximum absolute atomic E-state index is 12.3. The molecule has 1 amide bonds. The van der Waals surface area contributed by atoms with Crippen molar-refractivity contribution in [1.82, 2.24) is 14.7 Å². The Morgan fingerprint density at radius 3 is 2.60 bits per heavy atom. The van der Waals surface area contributed by atoms with E-state index in [1.54, 1.807) is 4.90 Å². The van der Waals surface area contributed by atoms with Crippen molar-refractivity contribution in [1.29, 1.82) is 0 Å². The van der Waals surface area contributed by atoms with Crippen LogP contribution in [0.15, 0.2) is 30.5 Å². The predicted octanol–water partition coefficient (Wildman–Crippen LogP) is 3.14. The first kappa shape index (κ1) is 17.7. The van der Waals surface area contributed by atoms with Gasteiger partial charge in [-0.15, -0.1) is 0 Å². The Bertz CT molecular complexity index is 740. The quantitative estimate of drug-likeness (QED) is 0.928. The van der Waals surface area contributed by atoms with Gasteiger partial charge < -0.3 is 14.7 Å². The van der Waals surface area contributed by atoms with Crippen LogP contribution < -0.4 is 0 Å². The number of ether oxygens (including phenoxy) is 1. The van der Waals surface area contributed by atoms with Gasteiger partial charge in [0.1, 0.15) is 5.60 Å². The Morgan fingerprint density at radius 1 is 1.28 bits per heavy atom. The summed E-state index contributed by atoms with van der Waals surface area (Å²) in [5, 5.41) is 15.3. The van der Waals surface area contributed by atoms with Gasteiger partial charge in [-0.25, -0.2) is 4.79 Å². The largest absolute Gasteiger partial charge is 0.444 e. The molecule has 0 saturated carbocycles. The van der Waals surface area contributed by atoms with Crippen LogP contribution in [0.1, 0.15) is 40.0 Å². The molecule has 0 bridgehead atoms. The predicted molar refractivity (Wildman–Crippen MR) is 96.5 cm³/mol. The van der Waals surface area contributed by atoms with Gasteiger partial charge in [-0.1, -0.05) is 18.2 Å². The second-order valence-corrected chi connectivity index (χ2v) is 7.78. The lowest BCUT2D eigenvalue weighted by Gasteiger charge is -2.42. The van der Waals surface area contributed by atoms with Gasteiger partial charge in [-0.2, -0.15) is 5.10 Å². The number of rotatable bonds is 3. The number of para-hydroxylation sites is 1. The van der Waals surface area contributed by atoms with Crippen molar-refractivity contribution in [3.63, 3.8) is 0 Å². The van der Waals surface area contributed by atoms with E-state index in [9.17, 15) is 9.90 Å². The van der Waals surface area contributed by atoms with Crippen molar-refractivity contribution in [2.75, 3.05) is 19.7 Å². The van der Waals surface area contributed by atoms with E-state index >= 15 is 0 Å². The van der Waals surface area contributed by atoms with Crippen molar-refractivity contribution in [3.8, 4) is 0 Å². The van der Waals surface area contributed by atoms with Gasteiger partial charge in [0.15, 0.2) is 0 Å². The van der Waals surface area contributed by atoms with E-state index in [-0.39, 0.29) is 18.2 Å². The smallest absolute Gasteiger partial charge is 0.410 e. The molecule has 1 saturated heterocycles. The highest BCUT2D eigenvalue weighted by Crippen LogP contribution is 2.36. The third-order valence-corrected chi connectivity index (χ3v) is 4.85. The molecule has 0 unspecified atom stereocenters. The number of piperidine rings is 1. The molecule has 0 aliphatic carbocycles. The minimum atomic E-state index is -0.491. The standard InChI is InChI=1S/C19H27N3O3/c1-18(2,3)25-17(24)21-11-8-19(9-12-21,10-13-23)22-16-7-5-4-6-15(16)14-20-22/h4-7,14,23H,8-13H2,1-3H3. The molecule has 0 radical (unpaired) electrons. The molecule has 1 aliphatic heterocycles. The first-order chi connectivity index (χ1) is 11.8.